The van der Waals surface area contributed by atoms with Gasteiger partial charge in [-0.25, -0.2) is 4.39 Å². The molecule has 21 heavy (non-hydrogen) atoms. The minimum absolute atomic E-state index is 0.292. The molecule has 0 aliphatic heterocycles. The maximum Gasteiger partial charge on any atom is 0.416 e. The van der Waals surface area contributed by atoms with E-state index in [0.29, 0.717) is 15.6 Å². The van der Waals surface area contributed by atoms with Gasteiger partial charge in [0.15, 0.2) is 0 Å². The van der Waals surface area contributed by atoms with E-state index in [1.807, 2.05) is 0 Å². The van der Waals surface area contributed by atoms with E-state index >= 15 is 0 Å². The topological polar surface area (TPSA) is 12.0 Å². The van der Waals surface area contributed by atoms with Gasteiger partial charge in [-0.3, -0.25) is 0 Å². The highest BCUT2D eigenvalue weighted by atomic mass is 79.9. The third-order valence-corrected chi connectivity index (χ3v) is 3.86. The molecule has 6 heteroatoms. The molecule has 1 atom stereocenters. The second-order valence-corrected chi connectivity index (χ2v) is 5.33. The minimum Gasteiger partial charge on any atom is -0.309 e. The summed E-state index contributed by atoms with van der Waals surface area (Å²) in [6.07, 6.45) is -4.44. The van der Waals surface area contributed by atoms with Crippen molar-refractivity contribution in [1.82, 2.24) is 5.32 Å². The Kier molecular flexibility index (Phi) is 4.68. The zero-order valence-corrected chi connectivity index (χ0v) is 12.6. The van der Waals surface area contributed by atoms with Crippen LogP contribution in [-0.2, 0) is 6.18 Å². The van der Waals surface area contributed by atoms with E-state index in [4.69, 9.17) is 0 Å². The van der Waals surface area contributed by atoms with Gasteiger partial charge in [0.1, 0.15) is 5.82 Å². The maximum atomic E-state index is 13.9. The average Bonchev–Trinajstić information content (AvgIpc) is 2.42. The molecule has 0 aliphatic rings. The molecular weight excluding hydrogens is 350 g/mol. The normalized spacial score (nSPS) is 13.2. The summed E-state index contributed by atoms with van der Waals surface area (Å²) >= 11 is 3.23. The number of halogens is 5. The van der Waals surface area contributed by atoms with Crippen LogP contribution in [0.1, 0.15) is 22.7 Å². The highest BCUT2D eigenvalue weighted by Crippen LogP contribution is 2.36. The number of hydrogen-bond acceptors (Lipinski definition) is 1. The van der Waals surface area contributed by atoms with Crippen molar-refractivity contribution in [1.29, 1.82) is 0 Å². The van der Waals surface area contributed by atoms with Crippen molar-refractivity contribution in [3.05, 3.63) is 69.4 Å². The van der Waals surface area contributed by atoms with Crippen molar-refractivity contribution in [3.63, 3.8) is 0 Å². The lowest BCUT2D eigenvalue weighted by molar-refractivity contribution is -0.137. The lowest BCUT2D eigenvalue weighted by Crippen LogP contribution is -2.20. The molecule has 1 N–H and O–H groups in total. The Bertz CT molecular complexity index is 640. The van der Waals surface area contributed by atoms with E-state index < -0.39 is 23.6 Å². The number of nitrogens with one attached hydrogen (secondary N) is 1. The Morgan fingerprint density at radius 2 is 1.71 bits per heavy atom. The van der Waals surface area contributed by atoms with Crippen LogP contribution < -0.4 is 5.32 Å². The molecule has 0 fully saturated rings. The molecule has 0 radical (unpaired) electrons. The lowest BCUT2D eigenvalue weighted by atomic mass is 9.96. The fourth-order valence-electron chi connectivity index (χ4n) is 2.13. The smallest absolute Gasteiger partial charge is 0.309 e. The Hall–Kier alpha value is -1.40. The molecule has 0 amide bonds. The summed E-state index contributed by atoms with van der Waals surface area (Å²) in [5.74, 6) is -0.471. The van der Waals surface area contributed by atoms with E-state index in [2.05, 4.69) is 21.2 Å². The molecule has 0 spiro atoms. The van der Waals surface area contributed by atoms with Gasteiger partial charge in [0.2, 0.25) is 0 Å². The van der Waals surface area contributed by atoms with Crippen LogP contribution in [0, 0.1) is 5.82 Å². The first-order chi connectivity index (χ1) is 9.84. The highest BCUT2D eigenvalue weighted by molar-refractivity contribution is 9.10. The van der Waals surface area contributed by atoms with E-state index in [0.717, 1.165) is 12.1 Å². The first-order valence-corrected chi connectivity index (χ1v) is 6.92. The van der Waals surface area contributed by atoms with Crippen LogP contribution in [0.4, 0.5) is 17.6 Å². The predicted octanol–water partition coefficient (Wildman–Crippen LogP) is 4.92. The molecular formula is C15H12BrF4N. The van der Waals surface area contributed by atoms with Gasteiger partial charge in [-0.2, -0.15) is 13.2 Å². The number of rotatable bonds is 3. The monoisotopic (exact) mass is 361 g/mol. The SMILES string of the molecule is CNC(c1ccccc1F)c1cc(C(F)(F)F)ccc1Br. The minimum atomic E-state index is -4.44. The van der Waals surface area contributed by atoms with Crippen molar-refractivity contribution in [2.24, 2.45) is 0 Å². The van der Waals surface area contributed by atoms with Gasteiger partial charge in [-0.15, -0.1) is 0 Å². The van der Waals surface area contributed by atoms with Gasteiger partial charge in [0, 0.05) is 10.0 Å². The largest absolute Gasteiger partial charge is 0.416 e. The van der Waals surface area contributed by atoms with Crippen molar-refractivity contribution in [2.45, 2.75) is 12.2 Å². The average molecular weight is 362 g/mol. The molecule has 0 heterocycles. The second-order valence-electron chi connectivity index (χ2n) is 4.48. The van der Waals surface area contributed by atoms with Gasteiger partial charge >= 0.3 is 6.18 Å². The van der Waals surface area contributed by atoms with Gasteiger partial charge in [-0.05, 0) is 36.9 Å². The molecule has 2 rings (SSSR count). The Labute approximate surface area is 128 Å². The molecule has 0 saturated heterocycles. The fourth-order valence-corrected chi connectivity index (χ4v) is 2.60. The van der Waals surface area contributed by atoms with Crippen LogP contribution in [0.2, 0.25) is 0 Å². The highest BCUT2D eigenvalue weighted by Gasteiger charge is 2.32. The number of alkyl halides is 3. The van der Waals surface area contributed by atoms with Gasteiger partial charge in [0.25, 0.3) is 0 Å². The first-order valence-electron chi connectivity index (χ1n) is 6.13. The van der Waals surface area contributed by atoms with Crippen molar-refractivity contribution in [3.8, 4) is 0 Å². The molecule has 0 aromatic heterocycles. The molecule has 0 aliphatic carbocycles. The lowest BCUT2D eigenvalue weighted by Gasteiger charge is -2.20. The summed E-state index contributed by atoms with van der Waals surface area (Å²) in [6, 6.07) is 8.66. The maximum absolute atomic E-state index is 13.9. The van der Waals surface area contributed by atoms with Crippen LogP contribution in [0.3, 0.4) is 0 Å². The Morgan fingerprint density at radius 3 is 2.29 bits per heavy atom. The van der Waals surface area contributed by atoms with Gasteiger partial charge in [0.05, 0.1) is 11.6 Å². The zero-order valence-electron chi connectivity index (χ0n) is 11.0. The van der Waals surface area contributed by atoms with Crippen molar-refractivity contribution >= 4 is 15.9 Å². The first kappa shape index (κ1) is 16.0. The van der Waals surface area contributed by atoms with Crippen LogP contribution in [0.5, 0.6) is 0 Å². The predicted molar refractivity (Wildman–Crippen MR) is 76.4 cm³/mol. The summed E-state index contributed by atoms with van der Waals surface area (Å²) < 4.78 is 52.9. The number of benzene rings is 2. The van der Waals surface area contributed by atoms with Crippen molar-refractivity contribution in [2.75, 3.05) is 7.05 Å². The summed E-state index contributed by atoms with van der Waals surface area (Å²) in [4.78, 5) is 0. The van der Waals surface area contributed by atoms with Crippen LogP contribution in [0.25, 0.3) is 0 Å². The zero-order chi connectivity index (χ0) is 15.6. The molecule has 1 nitrogen and oxygen atoms in total. The van der Waals surface area contributed by atoms with Crippen LogP contribution in [0.15, 0.2) is 46.9 Å². The molecule has 0 bridgehead atoms. The fraction of sp³-hybridized carbons (Fsp3) is 0.200. The Morgan fingerprint density at radius 1 is 1.05 bits per heavy atom. The van der Waals surface area contributed by atoms with Gasteiger partial charge in [-0.1, -0.05) is 34.1 Å². The summed E-state index contributed by atoms with van der Waals surface area (Å²) in [5, 5.41) is 2.86. The molecule has 2 aromatic rings. The van der Waals surface area contributed by atoms with Crippen LogP contribution >= 0.6 is 15.9 Å². The summed E-state index contributed by atoms with van der Waals surface area (Å²) in [5.41, 5.74) is -0.144. The molecule has 2 aromatic carbocycles. The quantitative estimate of drug-likeness (QED) is 0.765. The van der Waals surface area contributed by atoms with E-state index in [1.165, 1.54) is 18.2 Å². The van der Waals surface area contributed by atoms with Crippen LogP contribution in [-0.4, -0.2) is 7.05 Å². The summed E-state index contributed by atoms with van der Waals surface area (Å²) in [7, 11) is 1.57. The standard InChI is InChI=1S/C15H12BrF4N/c1-21-14(10-4-2-3-5-13(10)17)11-8-9(15(18,19)20)6-7-12(11)16/h2-8,14,21H,1H3. The Balaban J connectivity index is 2.55. The van der Waals surface area contributed by atoms with Gasteiger partial charge < -0.3 is 5.32 Å². The third kappa shape index (κ3) is 3.44. The third-order valence-electron chi connectivity index (χ3n) is 3.14. The second kappa shape index (κ2) is 6.15. The van der Waals surface area contributed by atoms with Crippen molar-refractivity contribution < 1.29 is 17.6 Å². The van der Waals surface area contributed by atoms with E-state index in [9.17, 15) is 17.6 Å². The molecule has 1 unspecified atom stereocenters. The summed E-state index contributed by atoms with van der Waals surface area (Å²) in [6.45, 7) is 0. The van der Waals surface area contributed by atoms with E-state index in [1.54, 1.807) is 19.2 Å². The number of hydrogen-bond donors (Lipinski definition) is 1. The molecule has 0 saturated carbocycles. The van der Waals surface area contributed by atoms with E-state index in [-0.39, 0.29) is 0 Å². The molecule has 112 valence electrons.